The molecule has 1 aromatic carbocycles. The van der Waals surface area contributed by atoms with Crippen LogP contribution in [0.15, 0.2) is 48.6 Å². The van der Waals surface area contributed by atoms with E-state index in [9.17, 15) is 19.8 Å². The van der Waals surface area contributed by atoms with Gasteiger partial charge in [0, 0.05) is 33.2 Å². The lowest BCUT2D eigenvalue weighted by Gasteiger charge is -2.22. The van der Waals surface area contributed by atoms with Crippen molar-refractivity contribution in [2.75, 3.05) is 7.09 Å². The summed E-state index contributed by atoms with van der Waals surface area (Å²) in [5, 5.41) is 23.3. The van der Waals surface area contributed by atoms with Crippen LogP contribution in [0.25, 0.3) is 10.1 Å². The molecule has 190 valence electrons. The van der Waals surface area contributed by atoms with Crippen LogP contribution in [0.3, 0.4) is 0 Å². The highest BCUT2D eigenvalue weighted by Gasteiger charge is 2.52. The van der Waals surface area contributed by atoms with Crippen LogP contribution in [0, 0.1) is 17.3 Å². The molecule has 2 N–H and O–H groups in total. The molecule has 4 atom stereocenters. The van der Waals surface area contributed by atoms with Crippen LogP contribution in [0.1, 0.15) is 52.2 Å². The molecule has 35 heavy (non-hydrogen) atoms. The zero-order valence-electron chi connectivity index (χ0n) is 21.3. The topological polar surface area (TPSA) is 83.8 Å². The highest BCUT2D eigenvalue weighted by Crippen LogP contribution is 2.45. The molecule has 0 spiro atoms. The van der Waals surface area contributed by atoms with E-state index >= 15 is 0 Å². The molecule has 1 aliphatic carbocycles. The maximum atomic E-state index is 13.0. The molecule has 5 nitrogen and oxygen atoms in total. The number of methoxy groups -OCH3 is 1. The van der Waals surface area contributed by atoms with Gasteiger partial charge in [-0.1, -0.05) is 68.0 Å². The van der Waals surface area contributed by atoms with Crippen LogP contribution in [0.4, 0.5) is 0 Å². The third-order valence-electron chi connectivity index (χ3n) is 6.83. The van der Waals surface area contributed by atoms with Gasteiger partial charge in [0.05, 0.1) is 31.1 Å². The summed E-state index contributed by atoms with van der Waals surface area (Å²) in [6.07, 6.45) is 8.96. The first-order chi connectivity index (χ1) is 17.2. The van der Waals surface area contributed by atoms with Gasteiger partial charge in [0.1, 0.15) is 5.78 Å². The number of ether oxygens (including phenoxy) is 1. The fourth-order valence-electron chi connectivity index (χ4n) is 4.66. The minimum atomic E-state index is -0.858. The number of allylic oxidation sites excluding steroid dienone is 2. The Morgan fingerprint density at radius 2 is 2.11 bits per heavy atom. The number of fused-ring (bicyclic) bond motifs is 1. The van der Waals surface area contributed by atoms with E-state index in [-0.39, 0.29) is 37.1 Å². The Balaban J connectivity index is 1.57. The lowest BCUT2D eigenvalue weighted by atomic mass is 9.86. The molecular weight excluding hydrogens is 484 g/mol. The molecule has 2 aromatic rings. The Kier molecular flexibility index (Phi) is 9.17. The third-order valence-corrected chi connectivity index (χ3v) is 8.61. The molecule has 0 bridgehead atoms. The van der Waals surface area contributed by atoms with E-state index in [0.29, 0.717) is 32.1 Å². The largest absolute Gasteiger partial charge is 0.469 e. The number of carbonyl (C=O) groups excluding carboxylic acids is 2. The molecule has 1 unspecified atom stereocenters. The van der Waals surface area contributed by atoms with Crippen molar-refractivity contribution < 1.29 is 25.9 Å². The SMILES string of the molecule is [2H]COC(=O)CCC/C=C\C[C@H]1C(=O)C(C)(C)[C@@H](O)[C@@H]1/C=C/C(O)CCc1sc2ccccc2c1Cl. The Labute approximate surface area is 217 Å². The number of benzene rings is 1. The first-order valence-corrected chi connectivity index (χ1v) is 13.2. The Morgan fingerprint density at radius 1 is 1.34 bits per heavy atom. The fraction of sp³-hybridized carbons (Fsp3) is 0.500. The summed E-state index contributed by atoms with van der Waals surface area (Å²) in [5.41, 5.74) is -0.858. The molecule has 0 amide bonds. The van der Waals surface area contributed by atoms with E-state index in [2.05, 4.69) is 4.74 Å². The molecule has 3 rings (SSSR count). The van der Waals surface area contributed by atoms with Gasteiger partial charge in [-0.25, -0.2) is 0 Å². The highest BCUT2D eigenvalue weighted by atomic mass is 35.5. The van der Waals surface area contributed by atoms with Gasteiger partial charge in [0.2, 0.25) is 0 Å². The number of aliphatic hydroxyl groups is 2. The van der Waals surface area contributed by atoms with E-state index in [0.717, 1.165) is 20.0 Å². The minimum absolute atomic E-state index is 0.0138. The lowest BCUT2D eigenvalue weighted by molar-refractivity contribution is -0.140. The quantitative estimate of drug-likeness (QED) is 0.219. The van der Waals surface area contributed by atoms with E-state index in [1.807, 2.05) is 36.4 Å². The van der Waals surface area contributed by atoms with Crippen molar-refractivity contribution in [3.05, 3.63) is 58.5 Å². The zero-order valence-corrected chi connectivity index (χ0v) is 21.9. The predicted molar refractivity (Wildman–Crippen MR) is 142 cm³/mol. The maximum Gasteiger partial charge on any atom is 0.305 e. The zero-order chi connectivity index (χ0) is 26.3. The van der Waals surface area contributed by atoms with E-state index in [4.69, 9.17) is 13.0 Å². The number of hydrogen-bond donors (Lipinski definition) is 2. The van der Waals surface area contributed by atoms with Crippen LogP contribution < -0.4 is 0 Å². The number of aliphatic hydroxyl groups excluding tert-OH is 2. The maximum absolute atomic E-state index is 13.0. The van der Waals surface area contributed by atoms with Gasteiger partial charge in [-0.05, 0) is 38.2 Å². The molecule has 1 saturated carbocycles. The second kappa shape index (κ2) is 12.3. The van der Waals surface area contributed by atoms with Crippen LogP contribution in [-0.4, -0.2) is 41.3 Å². The van der Waals surface area contributed by atoms with Crippen molar-refractivity contribution in [1.29, 1.82) is 0 Å². The number of halogens is 1. The summed E-state index contributed by atoms with van der Waals surface area (Å²) in [6.45, 7) is 3.53. The Hall–Kier alpha value is -1.99. The lowest BCUT2D eigenvalue weighted by Crippen LogP contribution is -2.31. The van der Waals surface area contributed by atoms with Crippen molar-refractivity contribution in [3.63, 3.8) is 0 Å². The molecule has 7 heteroatoms. The second-order valence-corrected chi connectivity index (χ2v) is 11.2. The second-order valence-electron chi connectivity index (χ2n) is 9.66. The van der Waals surface area contributed by atoms with Crippen LogP contribution in [0.5, 0.6) is 0 Å². The summed E-state index contributed by atoms with van der Waals surface area (Å²) in [5.74, 6) is -1.13. The molecular formula is C28H35ClO5S. The normalized spacial score (nSPS) is 23.4. The predicted octanol–water partition coefficient (Wildman–Crippen LogP) is 5.90. The van der Waals surface area contributed by atoms with Gasteiger partial charge < -0.3 is 14.9 Å². The van der Waals surface area contributed by atoms with Crippen LogP contribution in [-0.2, 0) is 20.7 Å². The van der Waals surface area contributed by atoms with Gasteiger partial charge in [-0.2, -0.15) is 0 Å². The van der Waals surface area contributed by atoms with Gasteiger partial charge in [-0.15, -0.1) is 11.3 Å². The minimum Gasteiger partial charge on any atom is -0.469 e. The van der Waals surface area contributed by atoms with Gasteiger partial charge in [0.15, 0.2) is 0 Å². The molecule has 1 heterocycles. The van der Waals surface area contributed by atoms with Gasteiger partial charge in [0.25, 0.3) is 0 Å². The number of aryl methyl sites for hydroxylation is 1. The number of Topliss-reactive ketones (excluding diaryl/α,β-unsaturated/α-hetero) is 1. The van der Waals surface area contributed by atoms with Crippen molar-refractivity contribution in [2.24, 2.45) is 17.3 Å². The summed E-state index contributed by atoms with van der Waals surface area (Å²) in [4.78, 5) is 25.4. The molecule has 0 saturated heterocycles. The highest BCUT2D eigenvalue weighted by molar-refractivity contribution is 7.19. The number of rotatable bonds is 11. The number of hydrogen-bond acceptors (Lipinski definition) is 6. The first kappa shape index (κ1) is 26.1. The molecule has 1 aromatic heterocycles. The van der Waals surface area contributed by atoms with Crippen molar-refractivity contribution in [3.8, 4) is 0 Å². The number of ketones is 1. The smallest absolute Gasteiger partial charge is 0.305 e. The third kappa shape index (κ3) is 6.62. The van der Waals surface area contributed by atoms with Crippen molar-refractivity contribution >= 4 is 44.8 Å². The standard InChI is InChI=1S/C28H35ClO5S/c1-28(2)26(32)19(10-6-4-5-7-13-24(31)34-3)20(27(28)33)16-14-18(30)15-17-23-25(29)21-11-8-9-12-22(21)35-23/h4,6,8-9,11-12,14,16,18-20,27,30,33H,5,7,10,13,15,17H2,1-3H3/b6-4-,16-14+/t18?,19-,20-,27+/m1/s1/i3D. The molecule has 0 radical (unpaired) electrons. The fourth-order valence-corrected chi connectivity index (χ4v) is 6.20. The number of esters is 1. The average molecular weight is 520 g/mol. The molecule has 0 aliphatic heterocycles. The molecule has 1 fully saturated rings. The molecule has 1 aliphatic rings. The van der Waals surface area contributed by atoms with Crippen molar-refractivity contribution in [2.45, 2.75) is 64.6 Å². The number of thiophene rings is 1. The summed E-state index contributed by atoms with van der Waals surface area (Å²) >= 11 is 8.16. The monoisotopic (exact) mass is 519 g/mol. The Bertz CT molecular complexity index is 1110. The summed E-state index contributed by atoms with van der Waals surface area (Å²) < 4.78 is 12.6. The van der Waals surface area contributed by atoms with E-state index in [1.165, 1.54) is 0 Å². The number of unbranched alkanes of at least 4 members (excludes halogenated alkanes) is 1. The first-order valence-electron chi connectivity index (χ1n) is 12.7. The van der Waals surface area contributed by atoms with Crippen LogP contribution >= 0.6 is 22.9 Å². The van der Waals surface area contributed by atoms with Gasteiger partial charge in [-0.3, -0.25) is 9.59 Å². The van der Waals surface area contributed by atoms with Gasteiger partial charge >= 0.3 is 5.97 Å². The number of carbonyl (C=O) groups is 2. The summed E-state index contributed by atoms with van der Waals surface area (Å²) in [6, 6.07) is 7.97. The average Bonchev–Trinajstić information content (AvgIpc) is 3.25. The van der Waals surface area contributed by atoms with Crippen LogP contribution in [0.2, 0.25) is 5.02 Å². The van der Waals surface area contributed by atoms with E-state index in [1.54, 1.807) is 37.3 Å². The Morgan fingerprint density at radius 3 is 2.86 bits per heavy atom. The van der Waals surface area contributed by atoms with E-state index < -0.39 is 17.6 Å². The van der Waals surface area contributed by atoms with Crippen molar-refractivity contribution in [1.82, 2.24) is 0 Å². The summed E-state index contributed by atoms with van der Waals surface area (Å²) in [7, 11) is -0.362.